The third-order valence-corrected chi connectivity index (χ3v) is 6.25. The van der Waals surface area contributed by atoms with E-state index < -0.39 is 5.91 Å². The fraction of sp³-hybridized carbons (Fsp3) is 0.120. The van der Waals surface area contributed by atoms with Gasteiger partial charge in [0.1, 0.15) is 35.5 Å². The largest absolute Gasteiger partial charge is 0.495 e. The number of amides is 1. The number of carbonyl (C=O) groups excluding carboxylic acids is 1. The van der Waals surface area contributed by atoms with Crippen molar-refractivity contribution in [1.29, 1.82) is 5.26 Å². The Hall–Kier alpha value is -2.89. The van der Waals surface area contributed by atoms with Crippen LogP contribution in [0, 0.1) is 11.3 Å². The molecule has 0 aliphatic rings. The summed E-state index contributed by atoms with van der Waals surface area (Å²) in [5.74, 6) is 0.620. The van der Waals surface area contributed by atoms with E-state index in [2.05, 4.69) is 21.2 Å². The second-order valence-corrected chi connectivity index (χ2v) is 9.13. The molecule has 0 radical (unpaired) electrons. The van der Waals surface area contributed by atoms with Crippen molar-refractivity contribution < 1.29 is 19.0 Å². The highest BCUT2D eigenvalue weighted by molar-refractivity contribution is 9.10. The number of hydrogen-bond acceptors (Lipinski definition) is 5. The fourth-order valence-corrected chi connectivity index (χ4v) is 4.19. The van der Waals surface area contributed by atoms with Crippen LogP contribution in [0.25, 0.3) is 6.08 Å². The van der Waals surface area contributed by atoms with Crippen molar-refractivity contribution in [2.24, 2.45) is 0 Å². The molecule has 3 aromatic rings. The van der Waals surface area contributed by atoms with Gasteiger partial charge in [0.25, 0.3) is 5.91 Å². The summed E-state index contributed by atoms with van der Waals surface area (Å²) in [7, 11) is 2.89. The van der Waals surface area contributed by atoms with E-state index in [-0.39, 0.29) is 12.2 Å². The average molecular weight is 597 g/mol. The Morgan fingerprint density at radius 3 is 2.37 bits per heavy atom. The molecule has 1 N–H and O–H groups in total. The molecule has 0 aliphatic heterocycles. The molecule has 6 nitrogen and oxygen atoms in total. The predicted molar refractivity (Wildman–Crippen MR) is 142 cm³/mol. The maximum absolute atomic E-state index is 12.8. The van der Waals surface area contributed by atoms with Crippen LogP contribution in [0.2, 0.25) is 15.1 Å². The molecule has 0 bridgehead atoms. The maximum atomic E-state index is 12.8. The number of carbonyl (C=O) groups is 1. The summed E-state index contributed by atoms with van der Waals surface area (Å²) in [6.07, 6.45) is 1.46. The maximum Gasteiger partial charge on any atom is 0.266 e. The fourth-order valence-electron chi connectivity index (χ4n) is 2.98. The van der Waals surface area contributed by atoms with E-state index in [0.29, 0.717) is 48.0 Å². The molecule has 1 amide bonds. The van der Waals surface area contributed by atoms with Crippen molar-refractivity contribution in [3.8, 4) is 23.3 Å². The van der Waals surface area contributed by atoms with Gasteiger partial charge in [-0.1, -0.05) is 46.9 Å². The van der Waals surface area contributed by atoms with Gasteiger partial charge in [-0.05, 0) is 51.8 Å². The smallest absolute Gasteiger partial charge is 0.266 e. The quantitative estimate of drug-likeness (QED) is 0.215. The van der Waals surface area contributed by atoms with Gasteiger partial charge < -0.3 is 19.5 Å². The molecule has 0 aromatic heterocycles. The molecule has 3 rings (SSSR count). The van der Waals surface area contributed by atoms with E-state index in [9.17, 15) is 10.1 Å². The van der Waals surface area contributed by atoms with Gasteiger partial charge in [-0.25, -0.2) is 0 Å². The summed E-state index contributed by atoms with van der Waals surface area (Å²) in [6, 6.07) is 15.3. The second-order valence-electron chi connectivity index (χ2n) is 7.03. The van der Waals surface area contributed by atoms with Crippen LogP contribution in [-0.2, 0) is 11.4 Å². The van der Waals surface area contributed by atoms with Crippen LogP contribution < -0.4 is 19.5 Å². The number of halogens is 4. The Balaban J connectivity index is 1.77. The van der Waals surface area contributed by atoms with Crippen LogP contribution in [0.15, 0.2) is 58.6 Å². The number of nitrogens with zero attached hydrogens (tertiary/aromatic N) is 1. The Kier molecular flexibility index (Phi) is 9.30. The monoisotopic (exact) mass is 594 g/mol. The SMILES string of the molecule is COc1cc(NC(=O)/C(C#N)=C/c2ccc(OCc3ccc(Cl)cc3Cl)c(Br)c2)c(OC)cc1Cl. The van der Waals surface area contributed by atoms with Gasteiger partial charge in [-0.2, -0.15) is 5.26 Å². The van der Waals surface area contributed by atoms with E-state index in [0.717, 1.165) is 5.56 Å². The Labute approximate surface area is 226 Å². The number of ether oxygens (including phenoxy) is 3. The van der Waals surface area contributed by atoms with Crippen LogP contribution in [0.5, 0.6) is 17.2 Å². The van der Waals surface area contributed by atoms with Crippen molar-refractivity contribution >= 4 is 68.4 Å². The van der Waals surface area contributed by atoms with Gasteiger partial charge in [0, 0.05) is 27.7 Å². The topological polar surface area (TPSA) is 80.6 Å². The molecule has 0 saturated carbocycles. The van der Waals surface area contributed by atoms with Gasteiger partial charge in [-0.3, -0.25) is 4.79 Å². The number of methoxy groups -OCH3 is 2. The summed E-state index contributed by atoms with van der Waals surface area (Å²) >= 11 is 21.7. The van der Waals surface area contributed by atoms with Gasteiger partial charge in [0.05, 0.1) is 29.4 Å². The minimum atomic E-state index is -0.621. The Bertz CT molecular complexity index is 1340. The highest BCUT2D eigenvalue weighted by Gasteiger charge is 2.16. The van der Waals surface area contributed by atoms with E-state index in [1.54, 1.807) is 36.4 Å². The summed E-state index contributed by atoms with van der Waals surface area (Å²) in [6.45, 7) is 0.238. The molecule has 0 saturated heterocycles. The van der Waals surface area contributed by atoms with Gasteiger partial charge in [0.2, 0.25) is 0 Å². The molecular formula is C25H18BrCl3N2O4. The number of nitrogens with one attached hydrogen (secondary N) is 1. The first-order valence-corrected chi connectivity index (χ1v) is 11.9. The van der Waals surface area contributed by atoms with Crippen molar-refractivity contribution in [2.45, 2.75) is 6.61 Å². The second kappa shape index (κ2) is 12.2. The zero-order chi connectivity index (χ0) is 25.5. The van der Waals surface area contributed by atoms with Crippen molar-refractivity contribution in [1.82, 2.24) is 0 Å². The number of nitriles is 1. The van der Waals surface area contributed by atoms with E-state index in [1.807, 2.05) is 6.07 Å². The summed E-state index contributed by atoms with van der Waals surface area (Å²) < 4.78 is 16.9. The lowest BCUT2D eigenvalue weighted by Crippen LogP contribution is -2.14. The molecule has 0 fully saturated rings. The number of benzene rings is 3. The Morgan fingerprint density at radius 1 is 1.00 bits per heavy atom. The molecule has 0 atom stereocenters. The number of anilines is 1. The van der Waals surface area contributed by atoms with Crippen LogP contribution in [0.3, 0.4) is 0 Å². The van der Waals surface area contributed by atoms with Gasteiger partial charge >= 0.3 is 0 Å². The first-order valence-electron chi connectivity index (χ1n) is 9.96. The van der Waals surface area contributed by atoms with Crippen LogP contribution in [-0.4, -0.2) is 20.1 Å². The molecular weight excluding hydrogens is 579 g/mol. The third-order valence-electron chi connectivity index (χ3n) is 4.75. The summed E-state index contributed by atoms with van der Waals surface area (Å²) in [5.41, 5.74) is 1.59. The highest BCUT2D eigenvalue weighted by atomic mass is 79.9. The molecule has 3 aromatic carbocycles. The van der Waals surface area contributed by atoms with E-state index in [1.165, 1.54) is 32.4 Å². The Morgan fingerprint density at radius 2 is 1.74 bits per heavy atom. The number of hydrogen-bond donors (Lipinski definition) is 1. The minimum Gasteiger partial charge on any atom is -0.495 e. The summed E-state index contributed by atoms with van der Waals surface area (Å²) in [5, 5.41) is 13.6. The van der Waals surface area contributed by atoms with Crippen molar-refractivity contribution in [3.63, 3.8) is 0 Å². The zero-order valence-electron chi connectivity index (χ0n) is 18.5. The first kappa shape index (κ1) is 26.7. The lowest BCUT2D eigenvalue weighted by Gasteiger charge is -2.13. The zero-order valence-corrected chi connectivity index (χ0v) is 22.3. The van der Waals surface area contributed by atoms with Crippen molar-refractivity contribution in [2.75, 3.05) is 19.5 Å². The first-order chi connectivity index (χ1) is 16.7. The number of rotatable bonds is 8. The summed E-state index contributed by atoms with van der Waals surface area (Å²) in [4.78, 5) is 12.8. The molecule has 0 unspecified atom stereocenters. The molecule has 35 heavy (non-hydrogen) atoms. The third kappa shape index (κ3) is 6.83. The lowest BCUT2D eigenvalue weighted by molar-refractivity contribution is -0.112. The molecule has 10 heteroatoms. The standard InChI is InChI=1S/C25H18BrCl3N2O4/c1-33-23-11-21(24(34-2)10-20(23)29)31-25(32)16(12-30)7-14-3-6-22(18(26)8-14)35-13-15-4-5-17(27)9-19(15)28/h3-11H,13H2,1-2H3,(H,31,32)/b16-7+. The van der Waals surface area contributed by atoms with Crippen LogP contribution in [0.4, 0.5) is 5.69 Å². The minimum absolute atomic E-state index is 0.116. The molecule has 0 spiro atoms. The van der Waals surface area contributed by atoms with Gasteiger partial charge in [-0.15, -0.1) is 0 Å². The molecule has 180 valence electrons. The molecule has 0 heterocycles. The predicted octanol–water partition coefficient (Wildman–Crippen LogP) is 7.55. The molecule has 0 aliphatic carbocycles. The van der Waals surface area contributed by atoms with E-state index >= 15 is 0 Å². The normalized spacial score (nSPS) is 10.9. The van der Waals surface area contributed by atoms with Gasteiger partial charge in [0.15, 0.2) is 0 Å². The van der Waals surface area contributed by atoms with E-state index in [4.69, 9.17) is 49.0 Å². The van der Waals surface area contributed by atoms with Crippen molar-refractivity contribution in [3.05, 3.63) is 84.8 Å². The van der Waals surface area contributed by atoms with Crippen LogP contribution >= 0.6 is 50.7 Å². The van der Waals surface area contributed by atoms with Crippen LogP contribution in [0.1, 0.15) is 11.1 Å². The average Bonchev–Trinajstić information content (AvgIpc) is 2.83. The lowest BCUT2D eigenvalue weighted by atomic mass is 10.1. The highest BCUT2D eigenvalue weighted by Crippen LogP contribution is 2.36.